The Morgan fingerprint density at radius 1 is 1.19 bits per heavy atom. The van der Waals surface area contributed by atoms with Crippen molar-refractivity contribution < 1.29 is 14.2 Å². The molecule has 1 aromatic carbocycles. The highest BCUT2D eigenvalue weighted by molar-refractivity contribution is 5.79. The van der Waals surface area contributed by atoms with E-state index in [4.69, 9.17) is 19.2 Å². The summed E-state index contributed by atoms with van der Waals surface area (Å²) in [4.78, 5) is 7.33. The molecule has 1 atom stereocenters. The first kappa shape index (κ1) is 23.8. The Morgan fingerprint density at radius 2 is 2.00 bits per heavy atom. The molecule has 0 amide bonds. The van der Waals surface area contributed by atoms with Crippen molar-refractivity contribution in [1.29, 1.82) is 0 Å². The molecule has 1 unspecified atom stereocenters. The van der Waals surface area contributed by atoms with Gasteiger partial charge in [-0.2, -0.15) is 0 Å². The minimum absolute atomic E-state index is 0.0292. The number of hydrogen-bond acceptors (Lipinski definition) is 5. The van der Waals surface area contributed by atoms with Crippen LogP contribution in [-0.2, 0) is 16.0 Å². The maximum atomic E-state index is 6.18. The van der Waals surface area contributed by atoms with E-state index in [0.717, 1.165) is 76.3 Å². The van der Waals surface area contributed by atoms with E-state index < -0.39 is 0 Å². The Kier molecular flexibility index (Phi) is 8.99. The highest BCUT2D eigenvalue weighted by atomic mass is 16.5. The number of aryl methyl sites for hydroxylation is 1. The van der Waals surface area contributed by atoms with Crippen molar-refractivity contribution in [3.63, 3.8) is 0 Å². The zero-order valence-electron chi connectivity index (χ0n) is 19.7. The average Bonchev–Trinajstić information content (AvgIpc) is 3.29. The van der Waals surface area contributed by atoms with Crippen molar-refractivity contribution >= 4 is 5.96 Å². The van der Waals surface area contributed by atoms with Crippen molar-refractivity contribution in [2.24, 2.45) is 10.9 Å². The predicted octanol–water partition coefficient (Wildman–Crippen LogP) is 2.58. The van der Waals surface area contributed by atoms with E-state index >= 15 is 0 Å². The molecule has 7 nitrogen and oxygen atoms in total. The van der Waals surface area contributed by atoms with Crippen LogP contribution in [-0.4, -0.2) is 75.6 Å². The number of morpholine rings is 1. The zero-order valence-corrected chi connectivity index (χ0v) is 19.7. The van der Waals surface area contributed by atoms with E-state index in [9.17, 15) is 0 Å². The van der Waals surface area contributed by atoms with Crippen LogP contribution >= 0.6 is 0 Å². The highest BCUT2D eigenvalue weighted by Crippen LogP contribution is 2.23. The summed E-state index contributed by atoms with van der Waals surface area (Å²) >= 11 is 0. The third kappa shape index (κ3) is 7.37. The molecule has 3 rings (SSSR count). The fourth-order valence-electron chi connectivity index (χ4n) is 3.94. The van der Waals surface area contributed by atoms with Gasteiger partial charge in [0.25, 0.3) is 0 Å². The second-order valence-corrected chi connectivity index (χ2v) is 9.11. The van der Waals surface area contributed by atoms with Gasteiger partial charge in [-0.1, -0.05) is 12.1 Å². The van der Waals surface area contributed by atoms with Crippen LogP contribution in [0.25, 0.3) is 0 Å². The van der Waals surface area contributed by atoms with Gasteiger partial charge >= 0.3 is 0 Å². The summed E-state index contributed by atoms with van der Waals surface area (Å²) < 4.78 is 17.2. The molecule has 2 N–H and O–H groups in total. The molecule has 174 valence electrons. The van der Waals surface area contributed by atoms with Gasteiger partial charge in [0, 0.05) is 49.8 Å². The first-order valence-corrected chi connectivity index (χ1v) is 11.6. The van der Waals surface area contributed by atoms with Crippen molar-refractivity contribution in [3.8, 4) is 5.75 Å². The van der Waals surface area contributed by atoms with Gasteiger partial charge in [-0.15, -0.1) is 0 Å². The van der Waals surface area contributed by atoms with E-state index in [1.165, 1.54) is 5.56 Å². The maximum absolute atomic E-state index is 6.18. The van der Waals surface area contributed by atoms with Crippen molar-refractivity contribution in [2.45, 2.75) is 46.2 Å². The van der Waals surface area contributed by atoms with Gasteiger partial charge in [0.2, 0.25) is 0 Å². The molecular weight excluding hydrogens is 392 g/mol. The van der Waals surface area contributed by atoms with E-state index in [0.29, 0.717) is 19.1 Å². The second kappa shape index (κ2) is 11.7. The van der Waals surface area contributed by atoms with Gasteiger partial charge in [-0.05, 0) is 45.7 Å². The van der Waals surface area contributed by atoms with Crippen molar-refractivity contribution in [3.05, 3.63) is 29.3 Å². The molecule has 2 aliphatic rings. The Hall–Kier alpha value is -1.83. The topological polar surface area (TPSA) is 67.4 Å². The van der Waals surface area contributed by atoms with Gasteiger partial charge in [0.15, 0.2) is 5.96 Å². The fourth-order valence-corrected chi connectivity index (χ4v) is 3.94. The summed E-state index contributed by atoms with van der Waals surface area (Å²) in [6.07, 6.45) is 1.08. The summed E-state index contributed by atoms with van der Waals surface area (Å²) in [5.41, 5.74) is 2.33. The van der Waals surface area contributed by atoms with Crippen LogP contribution in [0.4, 0.5) is 0 Å². The lowest BCUT2D eigenvalue weighted by Gasteiger charge is -2.41. The van der Waals surface area contributed by atoms with Gasteiger partial charge in [-0.25, -0.2) is 4.99 Å². The van der Waals surface area contributed by atoms with Crippen LogP contribution in [0.15, 0.2) is 23.2 Å². The standard InChI is InChI=1S/C24H40N4O3/c1-5-25-23(27-18-24(3,4)28-9-12-29-13-10-28)26-15-21-7-6-19(2)14-22(21)31-17-20-8-11-30-16-20/h6-7,14,20H,5,8-13,15-18H2,1-4H3,(H2,25,26,27). The molecule has 2 fully saturated rings. The van der Waals surface area contributed by atoms with Crippen LogP contribution in [0.1, 0.15) is 38.3 Å². The first-order chi connectivity index (χ1) is 15.0. The lowest BCUT2D eigenvalue weighted by molar-refractivity contribution is -0.00834. The molecule has 7 heteroatoms. The van der Waals surface area contributed by atoms with Crippen LogP contribution in [0.2, 0.25) is 0 Å². The van der Waals surface area contributed by atoms with E-state index in [1.54, 1.807) is 0 Å². The minimum atomic E-state index is 0.0292. The molecule has 0 saturated carbocycles. The Morgan fingerprint density at radius 3 is 2.71 bits per heavy atom. The number of rotatable bonds is 9. The van der Waals surface area contributed by atoms with Crippen LogP contribution in [0.3, 0.4) is 0 Å². The minimum Gasteiger partial charge on any atom is -0.493 e. The summed E-state index contributed by atoms with van der Waals surface area (Å²) in [6.45, 7) is 16.8. The highest BCUT2D eigenvalue weighted by Gasteiger charge is 2.28. The molecular formula is C24H40N4O3. The number of hydrogen-bond donors (Lipinski definition) is 2. The SMILES string of the molecule is CCNC(=NCc1ccc(C)cc1OCC1CCOC1)NCC(C)(C)N1CCOCC1. The Bertz CT molecular complexity index is 711. The summed E-state index contributed by atoms with van der Waals surface area (Å²) in [7, 11) is 0. The molecule has 2 aliphatic heterocycles. The Balaban J connectivity index is 1.61. The predicted molar refractivity (Wildman–Crippen MR) is 125 cm³/mol. The largest absolute Gasteiger partial charge is 0.493 e. The van der Waals surface area contributed by atoms with E-state index in [-0.39, 0.29) is 5.54 Å². The van der Waals surface area contributed by atoms with Crippen LogP contribution < -0.4 is 15.4 Å². The van der Waals surface area contributed by atoms with E-state index in [2.05, 4.69) is 61.4 Å². The lowest BCUT2D eigenvalue weighted by atomic mass is 10.0. The third-order valence-electron chi connectivity index (χ3n) is 6.03. The normalized spacial score (nSPS) is 20.6. The molecule has 31 heavy (non-hydrogen) atoms. The van der Waals surface area contributed by atoms with Gasteiger partial charge in [0.05, 0.1) is 33.0 Å². The first-order valence-electron chi connectivity index (χ1n) is 11.6. The number of nitrogens with one attached hydrogen (secondary N) is 2. The molecule has 0 spiro atoms. The molecule has 0 bridgehead atoms. The molecule has 0 aliphatic carbocycles. The maximum Gasteiger partial charge on any atom is 0.191 e. The van der Waals surface area contributed by atoms with Crippen LogP contribution in [0, 0.1) is 12.8 Å². The quantitative estimate of drug-likeness (QED) is 0.462. The smallest absolute Gasteiger partial charge is 0.191 e. The van der Waals surface area contributed by atoms with Gasteiger partial charge < -0.3 is 24.8 Å². The number of nitrogens with zero attached hydrogens (tertiary/aromatic N) is 2. The van der Waals surface area contributed by atoms with Gasteiger partial charge in [0.1, 0.15) is 5.75 Å². The summed E-state index contributed by atoms with van der Waals surface area (Å²) in [5, 5.41) is 6.91. The van der Waals surface area contributed by atoms with E-state index in [1.807, 2.05) is 0 Å². The van der Waals surface area contributed by atoms with Crippen LogP contribution in [0.5, 0.6) is 5.75 Å². The Labute approximate surface area is 187 Å². The number of aliphatic imine (C=N–C) groups is 1. The van der Waals surface area contributed by atoms with Crippen molar-refractivity contribution in [1.82, 2.24) is 15.5 Å². The fraction of sp³-hybridized carbons (Fsp3) is 0.708. The van der Waals surface area contributed by atoms with Crippen molar-refractivity contribution in [2.75, 3.05) is 59.2 Å². The molecule has 0 aromatic heterocycles. The molecule has 0 radical (unpaired) electrons. The number of guanidine groups is 1. The molecule has 1 aromatic rings. The molecule has 2 heterocycles. The zero-order chi connectivity index (χ0) is 22.1. The lowest BCUT2D eigenvalue weighted by Crippen LogP contribution is -2.56. The average molecular weight is 433 g/mol. The number of ether oxygens (including phenoxy) is 3. The summed E-state index contributed by atoms with van der Waals surface area (Å²) in [5.74, 6) is 2.25. The number of benzene rings is 1. The monoisotopic (exact) mass is 432 g/mol. The van der Waals surface area contributed by atoms with Gasteiger partial charge in [-0.3, -0.25) is 4.90 Å². The third-order valence-corrected chi connectivity index (χ3v) is 6.03. The summed E-state index contributed by atoms with van der Waals surface area (Å²) in [6, 6.07) is 6.36. The second-order valence-electron chi connectivity index (χ2n) is 9.11. The molecule has 2 saturated heterocycles.